The zero-order valence-corrected chi connectivity index (χ0v) is 24.1. The van der Waals surface area contributed by atoms with Crippen molar-refractivity contribution < 1.29 is 31.8 Å². The van der Waals surface area contributed by atoms with E-state index in [-0.39, 0.29) is 26.8 Å². The van der Waals surface area contributed by atoms with Crippen molar-refractivity contribution in [3.8, 4) is 0 Å². The SMILES string of the molecule is COC(C)C1=C(C)NC(C)=C(C(=O)OCCSCCOC(C)(O)C2(C)CC(C(C)=O)=C(C)NC2C)C1.[HH].[HH]. The fourth-order valence-electron chi connectivity index (χ4n) is 4.73. The van der Waals surface area contributed by atoms with E-state index in [1.807, 2.05) is 41.5 Å². The van der Waals surface area contributed by atoms with Gasteiger partial charge in [0.05, 0.1) is 18.3 Å². The van der Waals surface area contributed by atoms with Crippen LogP contribution in [0.5, 0.6) is 0 Å². The molecular weight excluding hydrogens is 480 g/mol. The van der Waals surface area contributed by atoms with Gasteiger partial charge in [0.15, 0.2) is 11.6 Å². The first-order valence-corrected chi connectivity index (χ1v) is 13.7. The van der Waals surface area contributed by atoms with Crippen LogP contribution < -0.4 is 10.6 Å². The normalized spacial score (nSPS) is 25.2. The lowest BCUT2D eigenvalue weighted by Crippen LogP contribution is -2.59. The number of carbonyl (C=O) groups is 2. The minimum atomic E-state index is -1.42. The number of dihydropyridines is 1. The molecule has 0 fully saturated rings. The summed E-state index contributed by atoms with van der Waals surface area (Å²) >= 11 is 1.59. The van der Waals surface area contributed by atoms with Gasteiger partial charge in [-0.25, -0.2) is 4.79 Å². The van der Waals surface area contributed by atoms with E-state index < -0.39 is 11.2 Å². The number of carbonyl (C=O) groups excluding carboxylic acids is 2. The van der Waals surface area contributed by atoms with Crippen molar-refractivity contribution in [3.63, 3.8) is 0 Å². The molecule has 0 aromatic carbocycles. The molecule has 0 saturated heterocycles. The van der Waals surface area contributed by atoms with Crippen LogP contribution in [0.1, 0.15) is 71.1 Å². The number of hydrogen-bond donors (Lipinski definition) is 3. The van der Waals surface area contributed by atoms with Crippen molar-refractivity contribution in [1.29, 1.82) is 0 Å². The van der Waals surface area contributed by atoms with E-state index in [4.69, 9.17) is 14.2 Å². The molecule has 0 radical (unpaired) electrons. The Kier molecular flexibility index (Phi) is 10.7. The first-order chi connectivity index (χ1) is 16.7. The number of aliphatic hydroxyl groups is 1. The van der Waals surface area contributed by atoms with E-state index in [0.29, 0.717) is 48.7 Å². The summed E-state index contributed by atoms with van der Waals surface area (Å²) < 4.78 is 16.9. The highest BCUT2D eigenvalue weighted by Crippen LogP contribution is 2.44. The maximum absolute atomic E-state index is 12.6. The van der Waals surface area contributed by atoms with Gasteiger partial charge in [0, 0.05) is 62.0 Å². The van der Waals surface area contributed by atoms with E-state index in [1.165, 1.54) is 0 Å². The standard InChI is InChI=1S/C27H44N2O6S.2H2/c1-16-22(20(5)33-9)14-23(17(2)28-16)25(31)34-10-12-36-13-11-35-27(8,32)26(7)15-24(19(4)30)18(3)29-21(26)6;;/h20-21,28-29,32H,10-15H2,1-9H3;2*1H. The number of methoxy groups -OCH3 is 1. The van der Waals surface area contributed by atoms with Crippen LogP contribution in [-0.2, 0) is 23.8 Å². The van der Waals surface area contributed by atoms with Gasteiger partial charge in [0.1, 0.15) is 6.61 Å². The second kappa shape index (κ2) is 12.6. The third kappa shape index (κ3) is 6.94. The molecule has 4 unspecified atom stereocenters. The van der Waals surface area contributed by atoms with Crippen LogP contribution in [0.25, 0.3) is 0 Å². The number of ketones is 1. The Hall–Kier alpha value is -1.81. The summed E-state index contributed by atoms with van der Waals surface area (Å²) in [6.45, 7) is 15.5. The van der Waals surface area contributed by atoms with E-state index in [1.54, 1.807) is 32.7 Å². The number of allylic oxidation sites excluding steroid dienone is 4. The average molecular weight is 529 g/mol. The van der Waals surface area contributed by atoms with Gasteiger partial charge in [-0.3, -0.25) is 4.79 Å². The number of esters is 1. The monoisotopic (exact) mass is 528 g/mol. The van der Waals surface area contributed by atoms with Crippen LogP contribution >= 0.6 is 11.8 Å². The fourth-order valence-corrected chi connectivity index (χ4v) is 5.34. The minimum absolute atomic E-state index is 0. The molecule has 0 aromatic heterocycles. The molecule has 3 N–H and O–H groups in total. The van der Waals surface area contributed by atoms with E-state index >= 15 is 0 Å². The molecule has 2 aliphatic rings. The molecule has 2 rings (SSSR count). The highest BCUT2D eigenvalue weighted by atomic mass is 32.2. The highest BCUT2D eigenvalue weighted by molar-refractivity contribution is 7.99. The molecule has 0 aliphatic carbocycles. The maximum atomic E-state index is 12.6. The quantitative estimate of drug-likeness (QED) is 0.194. The summed E-state index contributed by atoms with van der Waals surface area (Å²) in [7, 11) is 1.66. The molecule has 36 heavy (non-hydrogen) atoms. The van der Waals surface area contributed by atoms with Crippen LogP contribution in [0.15, 0.2) is 33.8 Å². The molecule has 0 saturated carbocycles. The topological polar surface area (TPSA) is 106 Å². The summed E-state index contributed by atoms with van der Waals surface area (Å²) in [5, 5.41) is 17.8. The number of hydrogen-bond acceptors (Lipinski definition) is 9. The van der Waals surface area contributed by atoms with Gasteiger partial charge in [-0.15, -0.1) is 0 Å². The summed E-state index contributed by atoms with van der Waals surface area (Å²) in [5.41, 5.74) is 4.39. The summed E-state index contributed by atoms with van der Waals surface area (Å²) in [5.74, 6) is -0.470. The van der Waals surface area contributed by atoms with Crippen molar-refractivity contribution in [3.05, 3.63) is 33.8 Å². The summed E-state index contributed by atoms with van der Waals surface area (Å²) in [6, 6.07) is -0.0688. The Labute approximate surface area is 223 Å². The lowest BCUT2D eigenvalue weighted by atomic mass is 9.68. The van der Waals surface area contributed by atoms with Crippen molar-refractivity contribution in [2.24, 2.45) is 5.41 Å². The van der Waals surface area contributed by atoms with Crippen molar-refractivity contribution in [1.82, 2.24) is 10.6 Å². The van der Waals surface area contributed by atoms with Crippen LogP contribution in [0.4, 0.5) is 0 Å². The Balaban J connectivity index is 0.00000684. The Morgan fingerprint density at radius 2 is 1.83 bits per heavy atom. The van der Waals surface area contributed by atoms with Crippen LogP contribution in [-0.4, -0.2) is 66.6 Å². The van der Waals surface area contributed by atoms with Gasteiger partial charge >= 0.3 is 5.97 Å². The largest absolute Gasteiger partial charge is 0.461 e. The number of rotatable bonds is 12. The molecule has 8 nitrogen and oxygen atoms in total. The Morgan fingerprint density at radius 1 is 1.19 bits per heavy atom. The lowest BCUT2D eigenvalue weighted by molar-refractivity contribution is -0.262. The van der Waals surface area contributed by atoms with Crippen LogP contribution in [0.2, 0.25) is 0 Å². The molecule has 0 spiro atoms. The Bertz CT molecular complexity index is 950. The smallest absolute Gasteiger partial charge is 0.336 e. The van der Waals surface area contributed by atoms with Crippen molar-refractivity contribution >= 4 is 23.5 Å². The second-order valence-electron chi connectivity index (χ2n) is 10.1. The molecule has 0 amide bonds. The summed E-state index contributed by atoms with van der Waals surface area (Å²) in [4.78, 5) is 24.7. The molecule has 0 bridgehead atoms. The molecule has 2 aliphatic heterocycles. The summed E-state index contributed by atoms with van der Waals surface area (Å²) in [6.07, 6.45) is 0.882. The number of thioether (sulfide) groups is 1. The van der Waals surface area contributed by atoms with Gasteiger partial charge in [-0.2, -0.15) is 11.8 Å². The maximum Gasteiger partial charge on any atom is 0.336 e. The fraction of sp³-hybridized carbons (Fsp3) is 0.704. The minimum Gasteiger partial charge on any atom is -0.461 e. The lowest BCUT2D eigenvalue weighted by Gasteiger charge is -2.49. The number of ether oxygens (including phenoxy) is 3. The Morgan fingerprint density at radius 3 is 2.44 bits per heavy atom. The van der Waals surface area contributed by atoms with Gasteiger partial charge in [-0.1, -0.05) is 6.92 Å². The third-order valence-electron chi connectivity index (χ3n) is 7.71. The molecule has 2 heterocycles. The van der Waals surface area contributed by atoms with Crippen LogP contribution in [0.3, 0.4) is 0 Å². The highest BCUT2D eigenvalue weighted by Gasteiger charge is 2.51. The predicted octanol–water partition coefficient (Wildman–Crippen LogP) is 4.31. The molecular formula is C27H48N2O6S. The van der Waals surface area contributed by atoms with Gasteiger partial charge in [0.2, 0.25) is 0 Å². The van der Waals surface area contributed by atoms with E-state index in [2.05, 4.69) is 10.6 Å². The predicted molar refractivity (Wildman–Crippen MR) is 147 cm³/mol. The zero-order chi connectivity index (χ0) is 27.3. The third-order valence-corrected chi connectivity index (χ3v) is 8.62. The first kappa shape index (κ1) is 30.4. The number of Topliss-reactive ketones (excluding diaryl/α,β-unsaturated/α-hetero) is 1. The molecule has 208 valence electrons. The van der Waals surface area contributed by atoms with Crippen LogP contribution in [0, 0.1) is 5.41 Å². The van der Waals surface area contributed by atoms with Crippen molar-refractivity contribution in [2.45, 2.75) is 86.2 Å². The molecule has 4 atom stereocenters. The van der Waals surface area contributed by atoms with Gasteiger partial charge in [-0.05, 0) is 60.5 Å². The average Bonchev–Trinajstić information content (AvgIpc) is 2.79. The first-order valence-electron chi connectivity index (χ1n) is 12.5. The molecule has 9 heteroatoms. The second-order valence-corrected chi connectivity index (χ2v) is 11.4. The van der Waals surface area contributed by atoms with Gasteiger partial charge in [0.25, 0.3) is 0 Å². The number of nitrogens with one attached hydrogen (secondary N) is 2. The van der Waals surface area contributed by atoms with E-state index in [0.717, 1.165) is 22.7 Å². The molecule has 0 aromatic rings. The van der Waals surface area contributed by atoms with Gasteiger partial charge < -0.3 is 30.0 Å². The zero-order valence-electron chi connectivity index (χ0n) is 23.3. The van der Waals surface area contributed by atoms with E-state index in [9.17, 15) is 14.7 Å². The van der Waals surface area contributed by atoms with Crippen molar-refractivity contribution in [2.75, 3.05) is 31.8 Å².